The standard InChI is InChI=1S/C15H23N3O/c1-4-5-8-19-14-10-17-15(11(2)3)18-13(14)9-16-12-6-7-12/h4-5,10-12,16H,6-9H2,1-3H3/b5-4+. The molecule has 1 aliphatic carbocycles. The lowest BCUT2D eigenvalue weighted by Gasteiger charge is -2.12. The first kappa shape index (κ1) is 14.0. The van der Waals surface area contributed by atoms with Crippen LogP contribution in [0.1, 0.15) is 51.0 Å². The van der Waals surface area contributed by atoms with Gasteiger partial charge in [-0.15, -0.1) is 0 Å². The minimum absolute atomic E-state index is 0.337. The molecule has 104 valence electrons. The molecule has 2 rings (SSSR count). The van der Waals surface area contributed by atoms with E-state index >= 15 is 0 Å². The van der Waals surface area contributed by atoms with Crippen molar-refractivity contribution < 1.29 is 4.74 Å². The molecule has 1 N–H and O–H groups in total. The Morgan fingerprint density at radius 3 is 2.89 bits per heavy atom. The number of allylic oxidation sites excluding steroid dienone is 1. The van der Waals surface area contributed by atoms with E-state index in [9.17, 15) is 0 Å². The summed E-state index contributed by atoms with van der Waals surface area (Å²) in [4.78, 5) is 9.00. The van der Waals surface area contributed by atoms with Crippen LogP contribution in [0, 0.1) is 0 Å². The van der Waals surface area contributed by atoms with Crippen molar-refractivity contribution in [1.29, 1.82) is 0 Å². The van der Waals surface area contributed by atoms with Gasteiger partial charge in [0.1, 0.15) is 12.4 Å². The van der Waals surface area contributed by atoms with Gasteiger partial charge in [-0.2, -0.15) is 0 Å². The molecule has 1 heterocycles. The van der Waals surface area contributed by atoms with E-state index in [0.717, 1.165) is 23.8 Å². The second kappa shape index (κ2) is 6.66. The number of ether oxygens (including phenoxy) is 1. The van der Waals surface area contributed by atoms with Crippen LogP contribution in [0.15, 0.2) is 18.3 Å². The molecule has 1 fully saturated rings. The molecule has 0 aromatic carbocycles. The zero-order valence-electron chi connectivity index (χ0n) is 12.0. The van der Waals surface area contributed by atoms with Gasteiger partial charge in [-0.25, -0.2) is 9.97 Å². The molecule has 1 aromatic rings. The van der Waals surface area contributed by atoms with E-state index in [1.807, 2.05) is 19.1 Å². The summed E-state index contributed by atoms with van der Waals surface area (Å²) < 4.78 is 5.71. The summed E-state index contributed by atoms with van der Waals surface area (Å²) >= 11 is 0. The summed E-state index contributed by atoms with van der Waals surface area (Å²) in [5, 5.41) is 3.48. The maximum absolute atomic E-state index is 5.71. The Bertz CT molecular complexity index is 439. The van der Waals surface area contributed by atoms with Crippen molar-refractivity contribution in [3.05, 3.63) is 29.9 Å². The van der Waals surface area contributed by atoms with Gasteiger partial charge < -0.3 is 10.1 Å². The third-order valence-corrected chi connectivity index (χ3v) is 3.07. The molecule has 1 aromatic heterocycles. The number of nitrogens with zero attached hydrogens (tertiary/aromatic N) is 2. The van der Waals surface area contributed by atoms with Crippen molar-refractivity contribution in [2.75, 3.05) is 6.61 Å². The van der Waals surface area contributed by atoms with Gasteiger partial charge in [0.2, 0.25) is 0 Å². The van der Waals surface area contributed by atoms with E-state index in [4.69, 9.17) is 4.74 Å². The minimum atomic E-state index is 0.337. The first-order valence-electron chi connectivity index (χ1n) is 7.04. The number of hydrogen-bond donors (Lipinski definition) is 1. The average Bonchev–Trinajstić information content (AvgIpc) is 3.21. The first-order valence-corrected chi connectivity index (χ1v) is 7.04. The second-order valence-electron chi connectivity index (χ2n) is 5.23. The lowest BCUT2D eigenvalue weighted by Crippen LogP contribution is -2.18. The first-order chi connectivity index (χ1) is 9.20. The third-order valence-electron chi connectivity index (χ3n) is 3.07. The molecular weight excluding hydrogens is 238 g/mol. The normalized spacial score (nSPS) is 15.4. The van der Waals surface area contributed by atoms with Crippen LogP contribution < -0.4 is 10.1 Å². The monoisotopic (exact) mass is 261 g/mol. The summed E-state index contributed by atoms with van der Waals surface area (Å²) in [5.41, 5.74) is 0.968. The Hall–Kier alpha value is -1.42. The predicted octanol–water partition coefficient (Wildman–Crippen LogP) is 2.81. The van der Waals surface area contributed by atoms with Crippen LogP contribution in [0.3, 0.4) is 0 Å². The highest BCUT2D eigenvalue weighted by atomic mass is 16.5. The van der Waals surface area contributed by atoms with E-state index in [0.29, 0.717) is 18.6 Å². The second-order valence-corrected chi connectivity index (χ2v) is 5.23. The fourth-order valence-electron chi connectivity index (χ4n) is 1.71. The molecule has 0 unspecified atom stereocenters. The van der Waals surface area contributed by atoms with Gasteiger partial charge in [0.25, 0.3) is 0 Å². The molecule has 0 atom stereocenters. The molecule has 0 spiro atoms. The van der Waals surface area contributed by atoms with E-state index in [2.05, 4.69) is 29.1 Å². The molecule has 4 nitrogen and oxygen atoms in total. The van der Waals surface area contributed by atoms with Crippen molar-refractivity contribution in [3.8, 4) is 5.75 Å². The largest absolute Gasteiger partial charge is 0.486 e. The van der Waals surface area contributed by atoms with Crippen LogP contribution in [0.2, 0.25) is 0 Å². The van der Waals surface area contributed by atoms with Crippen LogP contribution in [0.4, 0.5) is 0 Å². The van der Waals surface area contributed by atoms with Crippen LogP contribution in [0.5, 0.6) is 5.75 Å². The lowest BCUT2D eigenvalue weighted by molar-refractivity contribution is 0.352. The Morgan fingerprint density at radius 1 is 1.47 bits per heavy atom. The summed E-state index contributed by atoms with van der Waals surface area (Å²) in [5.74, 6) is 2.01. The Labute approximate surface area is 115 Å². The van der Waals surface area contributed by atoms with E-state index < -0.39 is 0 Å². The fraction of sp³-hybridized carbons (Fsp3) is 0.600. The molecule has 1 aliphatic rings. The third kappa shape index (κ3) is 4.31. The summed E-state index contributed by atoms with van der Waals surface area (Å²) in [6.07, 6.45) is 8.31. The van der Waals surface area contributed by atoms with E-state index in [-0.39, 0.29) is 0 Å². The van der Waals surface area contributed by atoms with Gasteiger partial charge >= 0.3 is 0 Å². The number of hydrogen-bond acceptors (Lipinski definition) is 4. The Morgan fingerprint density at radius 2 is 2.26 bits per heavy atom. The van der Waals surface area contributed by atoms with Crippen LogP contribution in [-0.4, -0.2) is 22.6 Å². The Balaban J connectivity index is 2.08. The zero-order chi connectivity index (χ0) is 13.7. The molecule has 0 aliphatic heterocycles. The Kier molecular flexibility index (Phi) is 4.91. The molecule has 0 radical (unpaired) electrons. The summed E-state index contributed by atoms with van der Waals surface area (Å²) in [7, 11) is 0. The highest BCUT2D eigenvalue weighted by Gasteiger charge is 2.21. The van der Waals surface area contributed by atoms with E-state index in [1.165, 1.54) is 12.8 Å². The zero-order valence-corrected chi connectivity index (χ0v) is 12.0. The molecule has 0 amide bonds. The highest BCUT2D eigenvalue weighted by molar-refractivity contribution is 5.25. The molecular formula is C15H23N3O. The highest BCUT2D eigenvalue weighted by Crippen LogP contribution is 2.22. The predicted molar refractivity (Wildman–Crippen MR) is 76.3 cm³/mol. The topological polar surface area (TPSA) is 47.0 Å². The van der Waals surface area contributed by atoms with Crippen LogP contribution in [0.25, 0.3) is 0 Å². The van der Waals surface area contributed by atoms with Crippen molar-refractivity contribution in [3.63, 3.8) is 0 Å². The van der Waals surface area contributed by atoms with Crippen molar-refractivity contribution in [2.24, 2.45) is 0 Å². The SMILES string of the molecule is C/C=C/COc1cnc(C(C)C)nc1CNC1CC1. The van der Waals surface area contributed by atoms with Crippen molar-refractivity contribution >= 4 is 0 Å². The molecule has 19 heavy (non-hydrogen) atoms. The number of rotatable bonds is 7. The summed E-state index contributed by atoms with van der Waals surface area (Å²) in [6.45, 7) is 7.52. The van der Waals surface area contributed by atoms with Gasteiger partial charge in [-0.3, -0.25) is 0 Å². The quantitative estimate of drug-likeness (QED) is 0.767. The van der Waals surface area contributed by atoms with Gasteiger partial charge in [0.15, 0.2) is 5.75 Å². The average molecular weight is 261 g/mol. The van der Waals surface area contributed by atoms with Crippen LogP contribution >= 0.6 is 0 Å². The maximum Gasteiger partial charge on any atom is 0.160 e. The van der Waals surface area contributed by atoms with Gasteiger partial charge in [0.05, 0.1) is 11.9 Å². The molecule has 4 heteroatoms. The number of nitrogens with one attached hydrogen (secondary N) is 1. The van der Waals surface area contributed by atoms with Crippen molar-refractivity contribution in [2.45, 2.75) is 52.1 Å². The van der Waals surface area contributed by atoms with Gasteiger partial charge in [-0.05, 0) is 19.8 Å². The summed E-state index contributed by atoms with van der Waals surface area (Å²) in [6, 6.07) is 0.667. The van der Waals surface area contributed by atoms with Gasteiger partial charge in [-0.1, -0.05) is 26.0 Å². The van der Waals surface area contributed by atoms with Crippen molar-refractivity contribution in [1.82, 2.24) is 15.3 Å². The maximum atomic E-state index is 5.71. The lowest BCUT2D eigenvalue weighted by atomic mass is 10.2. The van der Waals surface area contributed by atoms with E-state index in [1.54, 1.807) is 6.20 Å². The van der Waals surface area contributed by atoms with Crippen LogP contribution in [-0.2, 0) is 6.54 Å². The molecule has 1 saturated carbocycles. The number of aromatic nitrogens is 2. The van der Waals surface area contributed by atoms with Gasteiger partial charge in [0, 0.05) is 18.5 Å². The molecule has 0 saturated heterocycles. The fourth-order valence-corrected chi connectivity index (χ4v) is 1.71. The minimum Gasteiger partial charge on any atom is -0.486 e. The molecule has 0 bridgehead atoms. The smallest absolute Gasteiger partial charge is 0.160 e.